The Bertz CT molecular complexity index is 1060. The van der Waals surface area contributed by atoms with Crippen LogP contribution in [0.25, 0.3) is 5.76 Å². The van der Waals surface area contributed by atoms with Crippen molar-refractivity contribution in [1.82, 2.24) is 4.90 Å². The fourth-order valence-electron chi connectivity index (χ4n) is 3.62. The van der Waals surface area contributed by atoms with E-state index < -0.39 is 17.7 Å². The zero-order chi connectivity index (χ0) is 24.0. The van der Waals surface area contributed by atoms with Crippen LogP contribution >= 0.6 is 11.6 Å². The number of aliphatic hydroxyl groups excluding tert-OH is 1. The first kappa shape index (κ1) is 24.4. The highest BCUT2D eigenvalue weighted by atomic mass is 35.5. The van der Waals surface area contributed by atoms with Crippen molar-refractivity contribution in [2.75, 3.05) is 33.5 Å². The molecule has 8 heteroatoms. The Labute approximate surface area is 197 Å². The second-order valence-corrected chi connectivity index (χ2v) is 7.64. The molecule has 1 heterocycles. The molecule has 2 aromatic rings. The third-order valence-electron chi connectivity index (χ3n) is 5.15. The predicted octanol–water partition coefficient (Wildman–Crippen LogP) is 4.37. The number of Topliss-reactive ketones (excluding diaryl/α,β-unsaturated/α-hetero) is 1. The highest BCUT2D eigenvalue weighted by molar-refractivity contribution is 6.46. The number of benzene rings is 2. The van der Waals surface area contributed by atoms with Crippen LogP contribution in [0.5, 0.6) is 11.5 Å². The fraction of sp³-hybridized carbons (Fsp3) is 0.280. The van der Waals surface area contributed by atoms with Gasteiger partial charge >= 0.3 is 0 Å². The van der Waals surface area contributed by atoms with Gasteiger partial charge < -0.3 is 24.2 Å². The summed E-state index contributed by atoms with van der Waals surface area (Å²) in [5.74, 6) is -0.711. The number of likely N-dealkylation sites (tertiary alicyclic amines) is 1. The summed E-state index contributed by atoms with van der Waals surface area (Å²) in [6.07, 6.45) is 1.63. The normalized spacial score (nSPS) is 17.3. The molecule has 1 N–H and O–H groups in total. The summed E-state index contributed by atoms with van der Waals surface area (Å²) in [6, 6.07) is 10.9. The van der Waals surface area contributed by atoms with Gasteiger partial charge in [0.1, 0.15) is 23.9 Å². The van der Waals surface area contributed by atoms with E-state index in [1.54, 1.807) is 42.5 Å². The molecule has 0 bridgehead atoms. The number of aliphatic hydroxyl groups is 1. The van der Waals surface area contributed by atoms with Crippen molar-refractivity contribution < 1.29 is 28.9 Å². The molecule has 7 nitrogen and oxygen atoms in total. The lowest BCUT2D eigenvalue weighted by atomic mass is 9.95. The maximum atomic E-state index is 13.0. The number of methoxy groups -OCH3 is 1. The number of carbonyl (C=O) groups is 2. The number of rotatable bonds is 10. The number of hydrogen-bond donors (Lipinski definition) is 1. The molecule has 0 spiro atoms. The number of nitrogens with zero attached hydrogens (tertiary/aromatic N) is 1. The second-order valence-electron chi connectivity index (χ2n) is 7.23. The van der Waals surface area contributed by atoms with Gasteiger partial charge in [-0.3, -0.25) is 9.59 Å². The molecule has 1 fully saturated rings. The molecule has 1 saturated heterocycles. The van der Waals surface area contributed by atoms with Crippen LogP contribution < -0.4 is 9.47 Å². The van der Waals surface area contributed by atoms with Crippen LogP contribution in [0.1, 0.15) is 24.1 Å². The van der Waals surface area contributed by atoms with Crippen molar-refractivity contribution in [3.63, 3.8) is 0 Å². The maximum Gasteiger partial charge on any atom is 0.295 e. The van der Waals surface area contributed by atoms with Gasteiger partial charge in [0.25, 0.3) is 11.7 Å². The van der Waals surface area contributed by atoms with Crippen LogP contribution in [0, 0.1) is 0 Å². The standard InChI is InChI=1S/C25H26ClNO6/c1-4-13-33-18-9-6-16(7-10-18)22-21(24(29)25(30)27(22)12-14-31-3)23(28)17-8-11-20(32-5-2)19(26)15-17/h4,6-11,15,22,28H,1,5,12-14H2,2-3H3/b23-21+. The van der Waals surface area contributed by atoms with Gasteiger partial charge in [-0.15, -0.1) is 0 Å². The Kier molecular flexibility index (Phi) is 8.14. The summed E-state index contributed by atoms with van der Waals surface area (Å²) in [5, 5.41) is 11.4. The highest BCUT2D eigenvalue weighted by Gasteiger charge is 2.45. The number of amides is 1. The fourth-order valence-corrected chi connectivity index (χ4v) is 3.86. The van der Waals surface area contributed by atoms with Crippen LogP contribution in [0.3, 0.4) is 0 Å². The molecule has 0 aliphatic carbocycles. The number of halogens is 1. The van der Waals surface area contributed by atoms with Crippen LogP contribution in [0.4, 0.5) is 0 Å². The van der Waals surface area contributed by atoms with Gasteiger partial charge in [-0.25, -0.2) is 0 Å². The first-order valence-electron chi connectivity index (χ1n) is 10.5. The molecule has 1 aliphatic heterocycles. The quantitative estimate of drug-likeness (QED) is 0.240. The van der Waals surface area contributed by atoms with Gasteiger partial charge in [0.15, 0.2) is 0 Å². The van der Waals surface area contributed by atoms with E-state index in [0.29, 0.717) is 35.8 Å². The Balaban J connectivity index is 2.08. The molecule has 1 aliphatic rings. The van der Waals surface area contributed by atoms with Gasteiger partial charge in [-0.05, 0) is 42.8 Å². The van der Waals surface area contributed by atoms with Gasteiger partial charge in [0.2, 0.25) is 0 Å². The molecule has 0 radical (unpaired) electrons. The van der Waals surface area contributed by atoms with E-state index in [1.165, 1.54) is 18.1 Å². The number of ketones is 1. The second kappa shape index (κ2) is 11.0. The largest absolute Gasteiger partial charge is 0.507 e. The molecule has 174 valence electrons. The van der Waals surface area contributed by atoms with Crippen molar-refractivity contribution in [2.24, 2.45) is 0 Å². The van der Waals surface area contributed by atoms with Gasteiger partial charge in [0.05, 0.1) is 29.9 Å². The minimum Gasteiger partial charge on any atom is -0.507 e. The number of ether oxygens (including phenoxy) is 3. The molecular weight excluding hydrogens is 446 g/mol. The van der Waals surface area contributed by atoms with Gasteiger partial charge in [-0.1, -0.05) is 36.4 Å². The Morgan fingerprint density at radius 2 is 1.91 bits per heavy atom. The summed E-state index contributed by atoms with van der Waals surface area (Å²) < 4.78 is 16.1. The SMILES string of the molecule is C=CCOc1ccc(C2/C(=C(\O)c3ccc(OCC)c(Cl)c3)C(=O)C(=O)N2CCOC)cc1. The van der Waals surface area contributed by atoms with E-state index in [0.717, 1.165) is 0 Å². The zero-order valence-corrected chi connectivity index (χ0v) is 19.3. The van der Waals surface area contributed by atoms with Gasteiger partial charge in [-0.2, -0.15) is 0 Å². The van der Waals surface area contributed by atoms with E-state index in [2.05, 4.69) is 6.58 Å². The first-order chi connectivity index (χ1) is 15.9. The van der Waals surface area contributed by atoms with E-state index in [1.807, 2.05) is 6.92 Å². The van der Waals surface area contributed by atoms with E-state index in [9.17, 15) is 14.7 Å². The Hall–Kier alpha value is -3.29. The molecule has 2 aromatic carbocycles. The van der Waals surface area contributed by atoms with Crippen molar-refractivity contribution in [1.29, 1.82) is 0 Å². The molecule has 1 atom stereocenters. The van der Waals surface area contributed by atoms with E-state index in [-0.39, 0.29) is 29.5 Å². The van der Waals surface area contributed by atoms with Crippen molar-refractivity contribution >= 4 is 29.1 Å². The lowest BCUT2D eigenvalue weighted by molar-refractivity contribution is -0.140. The maximum absolute atomic E-state index is 13.0. The number of carbonyl (C=O) groups excluding carboxylic acids is 2. The van der Waals surface area contributed by atoms with Crippen molar-refractivity contribution in [3.05, 3.63) is 76.8 Å². The third-order valence-corrected chi connectivity index (χ3v) is 5.44. The molecule has 0 saturated carbocycles. The molecule has 3 rings (SSSR count). The lowest BCUT2D eigenvalue weighted by Gasteiger charge is -2.25. The summed E-state index contributed by atoms with van der Waals surface area (Å²) >= 11 is 6.28. The minimum atomic E-state index is -0.793. The Morgan fingerprint density at radius 3 is 2.52 bits per heavy atom. The number of hydrogen-bond acceptors (Lipinski definition) is 6. The smallest absolute Gasteiger partial charge is 0.295 e. The first-order valence-corrected chi connectivity index (χ1v) is 10.8. The monoisotopic (exact) mass is 471 g/mol. The summed E-state index contributed by atoms with van der Waals surface area (Å²) in [4.78, 5) is 27.2. The van der Waals surface area contributed by atoms with Crippen LogP contribution in [0.2, 0.25) is 5.02 Å². The van der Waals surface area contributed by atoms with E-state index in [4.69, 9.17) is 25.8 Å². The highest BCUT2D eigenvalue weighted by Crippen LogP contribution is 2.40. The summed E-state index contributed by atoms with van der Waals surface area (Å²) in [7, 11) is 1.51. The van der Waals surface area contributed by atoms with Crippen molar-refractivity contribution in [3.8, 4) is 11.5 Å². The zero-order valence-electron chi connectivity index (χ0n) is 18.5. The van der Waals surface area contributed by atoms with Crippen LogP contribution in [-0.4, -0.2) is 55.2 Å². The average molecular weight is 472 g/mol. The van der Waals surface area contributed by atoms with Gasteiger partial charge in [0, 0.05) is 19.2 Å². The van der Waals surface area contributed by atoms with Crippen molar-refractivity contribution in [2.45, 2.75) is 13.0 Å². The molecular formula is C25H26ClNO6. The molecule has 0 aromatic heterocycles. The molecule has 33 heavy (non-hydrogen) atoms. The molecule has 1 amide bonds. The van der Waals surface area contributed by atoms with Crippen LogP contribution in [-0.2, 0) is 14.3 Å². The third kappa shape index (κ3) is 5.21. The lowest BCUT2D eigenvalue weighted by Crippen LogP contribution is -2.32. The average Bonchev–Trinajstić information content (AvgIpc) is 3.07. The summed E-state index contributed by atoms with van der Waals surface area (Å²) in [5.41, 5.74) is 0.940. The topological polar surface area (TPSA) is 85.3 Å². The summed E-state index contributed by atoms with van der Waals surface area (Å²) in [6.45, 7) is 6.66. The van der Waals surface area contributed by atoms with E-state index >= 15 is 0 Å². The Morgan fingerprint density at radius 1 is 1.18 bits per heavy atom. The predicted molar refractivity (Wildman–Crippen MR) is 126 cm³/mol. The van der Waals surface area contributed by atoms with Crippen LogP contribution in [0.15, 0.2) is 60.7 Å². The molecule has 1 unspecified atom stereocenters. The minimum absolute atomic E-state index is 0.0175.